The van der Waals surface area contributed by atoms with Crippen molar-refractivity contribution in [3.8, 4) is 0 Å². The standard InChI is InChI=1S/C18H16N4O2S/c1-24-16(23)13-7-8-14-15(9-13)20-17(19-14)21-18-22(11-25-18)10-12-5-3-2-4-6-12/h2-9H,10-11H2,1H3,(H,19,20)/b21-18-. The van der Waals surface area contributed by atoms with Crippen molar-refractivity contribution >= 4 is 39.9 Å². The van der Waals surface area contributed by atoms with E-state index >= 15 is 0 Å². The minimum Gasteiger partial charge on any atom is -0.465 e. The first-order valence-corrected chi connectivity index (χ1v) is 8.80. The number of nitrogens with one attached hydrogen (secondary N) is 1. The Labute approximate surface area is 148 Å². The quantitative estimate of drug-likeness (QED) is 0.727. The molecule has 1 aromatic heterocycles. The molecule has 0 aliphatic carbocycles. The monoisotopic (exact) mass is 352 g/mol. The van der Waals surface area contributed by atoms with Gasteiger partial charge in [0.2, 0.25) is 5.95 Å². The Hall–Kier alpha value is -2.80. The summed E-state index contributed by atoms with van der Waals surface area (Å²) in [5.41, 5.74) is 3.27. The lowest BCUT2D eigenvalue weighted by atomic mass is 10.2. The van der Waals surface area contributed by atoms with Crippen LogP contribution in [0.4, 0.5) is 5.95 Å². The van der Waals surface area contributed by atoms with Crippen LogP contribution in [-0.4, -0.2) is 39.0 Å². The number of imidazole rings is 1. The third kappa shape index (κ3) is 3.23. The fourth-order valence-electron chi connectivity index (χ4n) is 2.62. The number of hydrogen-bond acceptors (Lipinski definition) is 5. The first kappa shape index (κ1) is 15.7. The van der Waals surface area contributed by atoms with Gasteiger partial charge in [-0.25, -0.2) is 9.78 Å². The Morgan fingerprint density at radius 1 is 1.32 bits per heavy atom. The van der Waals surface area contributed by atoms with Crippen molar-refractivity contribution in [2.45, 2.75) is 6.54 Å². The van der Waals surface area contributed by atoms with Gasteiger partial charge in [-0.15, -0.1) is 0 Å². The van der Waals surface area contributed by atoms with Crippen molar-refractivity contribution < 1.29 is 9.53 Å². The highest BCUT2D eigenvalue weighted by Crippen LogP contribution is 2.28. The van der Waals surface area contributed by atoms with Crippen LogP contribution in [0.5, 0.6) is 0 Å². The van der Waals surface area contributed by atoms with E-state index < -0.39 is 0 Å². The van der Waals surface area contributed by atoms with Gasteiger partial charge in [0.1, 0.15) is 0 Å². The number of aromatic nitrogens is 2. The molecule has 1 aliphatic rings. The Kier molecular flexibility index (Phi) is 4.15. The topological polar surface area (TPSA) is 70.6 Å². The first-order chi connectivity index (χ1) is 12.2. The average molecular weight is 352 g/mol. The highest BCUT2D eigenvalue weighted by molar-refractivity contribution is 8.15. The van der Waals surface area contributed by atoms with Gasteiger partial charge in [0, 0.05) is 6.54 Å². The Bertz CT molecular complexity index is 952. The van der Waals surface area contributed by atoms with Crippen LogP contribution in [0.2, 0.25) is 0 Å². The number of carbonyl (C=O) groups is 1. The zero-order valence-electron chi connectivity index (χ0n) is 13.6. The number of H-pyrrole nitrogens is 1. The molecule has 1 N–H and O–H groups in total. The van der Waals surface area contributed by atoms with Gasteiger partial charge < -0.3 is 14.6 Å². The van der Waals surface area contributed by atoms with Gasteiger partial charge in [-0.3, -0.25) is 0 Å². The Balaban J connectivity index is 1.55. The normalized spacial score (nSPS) is 15.4. The summed E-state index contributed by atoms with van der Waals surface area (Å²) in [5.74, 6) is 1.09. The summed E-state index contributed by atoms with van der Waals surface area (Å²) in [6.45, 7) is 0.833. The van der Waals surface area contributed by atoms with E-state index in [1.54, 1.807) is 30.0 Å². The summed E-state index contributed by atoms with van der Waals surface area (Å²) in [6.07, 6.45) is 0. The molecule has 0 spiro atoms. The number of benzene rings is 2. The van der Waals surface area contributed by atoms with Crippen LogP contribution in [0.15, 0.2) is 53.5 Å². The van der Waals surface area contributed by atoms with Gasteiger partial charge in [-0.1, -0.05) is 42.1 Å². The maximum absolute atomic E-state index is 11.6. The van der Waals surface area contributed by atoms with Gasteiger partial charge in [-0.2, -0.15) is 4.99 Å². The molecular weight excluding hydrogens is 336 g/mol. The summed E-state index contributed by atoms with van der Waals surface area (Å²) >= 11 is 1.69. The van der Waals surface area contributed by atoms with Crippen LogP contribution in [0.1, 0.15) is 15.9 Å². The lowest BCUT2D eigenvalue weighted by Gasteiger charge is -2.33. The maximum atomic E-state index is 11.6. The van der Waals surface area contributed by atoms with E-state index in [1.165, 1.54) is 12.7 Å². The molecule has 0 unspecified atom stereocenters. The molecule has 0 bridgehead atoms. The van der Waals surface area contributed by atoms with Crippen LogP contribution in [0, 0.1) is 0 Å². The van der Waals surface area contributed by atoms with Crippen LogP contribution >= 0.6 is 11.8 Å². The molecular formula is C18H16N4O2S. The molecule has 2 heterocycles. The number of aliphatic imine (C=N–C) groups is 1. The highest BCUT2D eigenvalue weighted by atomic mass is 32.2. The molecule has 0 amide bonds. The smallest absolute Gasteiger partial charge is 0.337 e. The number of aromatic amines is 1. The third-order valence-electron chi connectivity index (χ3n) is 3.93. The zero-order valence-corrected chi connectivity index (χ0v) is 14.4. The molecule has 1 saturated heterocycles. The van der Waals surface area contributed by atoms with Crippen LogP contribution in [0.25, 0.3) is 11.0 Å². The van der Waals surface area contributed by atoms with E-state index in [1.807, 2.05) is 18.2 Å². The van der Waals surface area contributed by atoms with Crippen LogP contribution in [0.3, 0.4) is 0 Å². The van der Waals surface area contributed by atoms with E-state index in [-0.39, 0.29) is 5.97 Å². The number of nitrogens with zero attached hydrogens (tertiary/aromatic N) is 3. The molecule has 1 aliphatic heterocycles. The lowest BCUT2D eigenvalue weighted by Crippen LogP contribution is -2.37. The van der Waals surface area contributed by atoms with Crippen molar-refractivity contribution in [1.82, 2.24) is 14.9 Å². The van der Waals surface area contributed by atoms with Gasteiger partial charge in [-0.05, 0) is 23.8 Å². The number of ether oxygens (including phenoxy) is 1. The molecule has 126 valence electrons. The second kappa shape index (κ2) is 6.60. The molecule has 4 rings (SSSR count). The van der Waals surface area contributed by atoms with E-state index in [9.17, 15) is 4.79 Å². The number of esters is 1. The van der Waals surface area contributed by atoms with Crippen LogP contribution < -0.4 is 0 Å². The summed E-state index contributed by atoms with van der Waals surface area (Å²) in [5, 5.41) is 0.941. The molecule has 0 radical (unpaired) electrons. The molecule has 7 heteroatoms. The summed E-state index contributed by atoms with van der Waals surface area (Å²) in [6, 6.07) is 15.5. The molecule has 6 nitrogen and oxygen atoms in total. The van der Waals surface area contributed by atoms with Crippen molar-refractivity contribution in [2.75, 3.05) is 13.0 Å². The molecule has 25 heavy (non-hydrogen) atoms. The third-order valence-corrected chi connectivity index (χ3v) is 4.98. The minimum absolute atomic E-state index is 0.368. The Morgan fingerprint density at radius 3 is 2.88 bits per heavy atom. The van der Waals surface area contributed by atoms with E-state index in [2.05, 4.69) is 32.0 Å². The predicted molar refractivity (Wildman–Crippen MR) is 99.0 cm³/mol. The number of carbonyl (C=O) groups excluding carboxylic acids is 1. The molecule has 2 aromatic carbocycles. The summed E-state index contributed by atoms with van der Waals surface area (Å²) in [4.78, 5) is 26.0. The fraction of sp³-hybridized carbons (Fsp3) is 0.167. The second-order valence-electron chi connectivity index (χ2n) is 5.64. The summed E-state index contributed by atoms with van der Waals surface area (Å²) in [7, 11) is 1.37. The van der Waals surface area contributed by atoms with Gasteiger partial charge in [0.25, 0.3) is 0 Å². The largest absolute Gasteiger partial charge is 0.465 e. The number of rotatable bonds is 4. The zero-order chi connectivity index (χ0) is 17.2. The number of amidine groups is 1. The summed E-state index contributed by atoms with van der Waals surface area (Å²) < 4.78 is 4.74. The Morgan fingerprint density at radius 2 is 2.16 bits per heavy atom. The van der Waals surface area contributed by atoms with E-state index in [0.717, 1.165) is 28.6 Å². The van der Waals surface area contributed by atoms with E-state index in [0.29, 0.717) is 11.5 Å². The van der Waals surface area contributed by atoms with Gasteiger partial charge >= 0.3 is 5.97 Å². The maximum Gasteiger partial charge on any atom is 0.337 e. The van der Waals surface area contributed by atoms with Crippen molar-refractivity contribution in [3.05, 3.63) is 59.7 Å². The fourth-order valence-corrected chi connectivity index (χ4v) is 3.35. The average Bonchev–Trinajstić information content (AvgIpc) is 3.05. The molecule has 0 atom stereocenters. The van der Waals surface area contributed by atoms with Crippen molar-refractivity contribution in [3.63, 3.8) is 0 Å². The SMILES string of the molecule is COC(=O)c1ccc2nc(/N=C3\SCN3Cc3ccccc3)[nH]c2c1. The number of thioether (sulfide) groups is 1. The molecule has 0 saturated carbocycles. The second-order valence-corrected chi connectivity index (χ2v) is 6.55. The number of fused-ring (bicyclic) bond motifs is 1. The molecule has 3 aromatic rings. The van der Waals surface area contributed by atoms with E-state index in [4.69, 9.17) is 4.74 Å². The molecule has 1 fully saturated rings. The number of hydrogen-bond donors (Lipinski definition) is 1. The highest BCUT2D eigenvalue weighted by Gasteiger charge is 2.23. The minimum atomic E-state index is -0.368. The predicted octanol–water partition coefficient (Wildman–Crippen LogP) is 3.54. The number of methoxy groups -OCH3 is 1. The van der Waals surface area contributed by atoms with Gasteiger partial charge in [0.15, 0.2) is 5.17 Å². The van der Waals surface area contributed by atoms with Crippen molar-refractivity contribution in [1.29, 1.82) is 0 Å². The lowest BCUT2D eigenvalue weighted by molar-refractivity contribution is 0.0601. The first-order valence-electron chi connectivity index (χ1n) is 7.81. The van der Waals surface area contributed by atoms with Gasteiger partial charge in [0.05, 0.1) is 29.6 Å². The van der Waals surface area contributed by atoms with Crippen LogP contribution in [-0.2, 0) is 11.3 Å². The van der Waals surface area contributed by atoms with Crippen molar-refractivity contribution in [2.24, 2.45) is 4.99 Å².